The molecule has 1 aliphatic heterocycles. The zero-order chi connectivity index (χ0) is 17.3. The van der Waals surface area contributed by atoms with Crippen LogP contribution >= 0.6 is 11.3 Å². The van der Waals surface area contributed by atoms with Crippen LogP contribution in [-0.4, -0.2) is 31.3 Å². The molecule has 0 amide bonds. The minimum Gasteiger partial charge on any atom is -0.493 e. The van der Waals surface area contributed by atoms with Crippen LogP contribution in [0.25, 0.3) is 10.6 Å². The number of rotatable bonds is 6. The average Bonchev–Trinajstić information content (AvgIpc) is 3.34. The van der Waals surface area contributed by atoms with Gasteiger partial charge >= 0.3 is 0 Å². The molecule has 0 atom stereocenters. The molecule has 1 aromatic carbocycles. The Morgan fingerprint density at radius 2 is 2.20 bits per heavy atom. The molecule has 0 aliphatic carbocycles. The number of fused-ring (bicyclic) bond motifs is 1. The van der Waals surface area contributed by atoms with Gasteiger partial charge in [0.15, 0.2) is 0 Å². The standard InChI is InChI=1S/C17H17N3O3S2/c21-25(22,14-3-4-16-13(12-14)6-10-23-16)18-7-9-20-8-5-15(19-20)17-2-1-11-24-17/h1-5,8,11-12,18H,6-7,9-10H2. The van der Waals surface area contributed by atoms with E-state index in [9.17, 15) is 8.42 Å². The van der Waals surface area contributed by atoms with E-state index in [4.69, 9.17) is 4.74 Å². The Balaban J connectivity index is 1.39. The van der Waals surface area contributed by atoms with Crippen molar-refractivity contribution in [3.8, 4) is 16.3 Å². The lowest BCUT2D eigenvalue weighted by Crippen LogP contribution is -2.27. The summed E-state index contributed by atoms with van der Waals surface area (Å²) < 4.78 is 34.7. The lowest BCUT2D eigenvalue weighted by molar-refractivity contribution is 0.356. The SMILES string of the molecule is O=S(=O)(NCCn1ccc(-c2cccs2)n1)c1ccc2c(c1)CCO2. The van der Waals surface area contributed by atoms with Gasteiger partial charge in [-0.25, -0.2) is 13.1 Å². The van der Waals surface area contributed by atoms with Gasteiger partial charge in [-0.3, -0.25) is 4.68 Å². The average molecular weight is 375 g/mol. The number of nitrogens with one attached hydrogen (secondary N) is 1. The Morgan fingerprint density at radius 1 is 1.28 bits per heavy atom. The summed E-state index contributed by atoms with van der Waals surface area (Å²) in [6.45, 7) is 1.36. The van der Waals surface area contributed by atoms with E-state index in [1.54, 1.807) is 34.2 Å². The van der Waals surface area contributed by atoms with Crippen LogP contribution in [0.4, 0.5) is 0 Å². The van der Waals surface area contributed by atoms with Gasteiger partial charge in [-0.15, -0.1) is 11.3 Å². The highest BCUT2D eigenvalue weighted by molar-refractivity contribution is 7.89. The Hall–Kier alpha value is -2.16. The molecule has 0 saturated heterocycles. The van der Waals surface area contributed by atoms with Crippen LogP contribution in [0, 0.1) is 0 Å². The van der Waals surface area contributed by atoms with Crippen molar-refractivity contribution >= 4 is 21.4 Å². The van der Waals surface area contributed by atoms with Crippen molar-refractivity contribution < 1.29 is 13.2 Å². The molecule has 0 bridgehead atoms. The van der Waals surface area contributed by atoms with Crippen molar-refractivity contribution in [2.45, 2.75) is 17.9 Å². The molecule has 1 N–H and O–H groups in total. The van der Waals surface area contributed by atoms with E-state index in [1.807, 2.05) is 29.8 Å². The van der Waals surface area contributed by atoms with Gasteiger partial charge in [-0.05, 0) is 41.3 Å². The number of nitrogens with zero attached hydrogens (tertiary/aromatic N) is 2. The van der Waals surface area contributed by atoms with Crippen LogP contribution in [0.3, 0.4) is 0 Å². The fourth-order valence-corrected chi connectivity index (χ4v) is 4.51. The quantitative estimate of drug-likeness (QED) is 0.719. The first-order chi connectivity index (χ1) is 12.1. The number of benzene rings is 1. The minimum atomic E-state index is -3.53. The molecule has 130 valence electrons. The van der Waals surface area contributed by atoms with Crippen molar-refractivity contribution in [3.63, 3.8) is 0 Å². The minimum absolute atomic E-state index is 0.275. The maximum Gasteiger partial charge on any atom is 0.240 e. The zero-order valence-electron chi connectivity index (χ0n) is 13.4. The molecular weight excluding hydrogens is 358 g/mol. The fourth-order valence-electron chi connectivity index (χ4n) is 2.75. The molecule has 1 aliphatic rings. The molecule has 3 aromatic rings. The van der Waals surface area contributed by atoms with Crippen LogP contribution < -0.4 is 9.46 Å². The lowest BCUT2D eigenvalue weighted by Gasteiger charge is -2.08. The van der Waals surface area contributed by atoms with Gasteiger partial charge in [0, 0.05) is 19.2 Å². The summed E-state index contributed by atoms with van der Waals surface area (Å²) in [4.78, 5) is 1.37. The molecule has 0 radical (unpaired) electrons. The summed E-state index contributed by atoms with van der Waals surface area (Å²) in [5.74, 6) is 0.775. The maximum absolute atomic E-state index is 12.4. The summed E-state index contributed by atoms with van der Waals surface area (Å²) in [5.41, 5.74) is 1.84. The Labute approximate surface area is 150 Å². The molecule has 0 fully saturated rings. The number of thiophene rings is 1. The first-order valence-electron chi connectivity index (χ1n) is 7.94. The molecule has 0 spiro atoms. The highest BCUT2D eigenvalue weighted by atomic mass is 32.2. The Bertz CT molecular complexity index is 978. The fraction of sp³-hybridized carbons (Fsp3) is 0.235. The molecule has 3 heterocycles. The topological polar surface area (TPSA) is 73.2 Å². The maximum atomic E-state index is 12.4. The van der Waals surface area contributed by atoms with E-state index in [2.05, 4.69) is 9.82 Å². The normalized spacial score (nSPS) is 13.6. The van der Waals surface area contributed by atoms with E-state index >= 15 is 0 Å². The van der Waals surface area contributed by atoms with Crippen LogP contribution in [0.1, 0.15) is 5.56 Å². The predicted molar refractivity (Wildman–Crippen MR) is 96.4 cm³/mol. The summed E-state index contributed by atoms with van der Waals surface area (Å²) in [5, 5.41) is 6.47. The summed E-state index contributed by atoms with van der Waals surface area (Å²) in [6.07, 6.45) is 2.60. The van der Waals surface area contributed by atoms with E-state index in [1.165, 1.54) is 0 Å². The number of sulfonamides is 1. The predicted octanol–water partition coefficient (Wildman–Crippen LogP) is 2.53. The van der Waals surface area contributed by atoms with Crippen molar-refractivity contribution in [1.82, 2.24) is 14.5 Å². The van der Waals surface area contributed by atoms with Crippen molar-refractivity contribution in [2.75, 3.05) is 13.2 Å². The first kappa shape index (κ1) is 16.3. The van der Waals surface area contributed by atoms with Gasteiger partial charge in [0.1, 0.15) is 11.4 Å². The van der Waals surface area contributed by atoms with Crippen molar-refractivity contribution in [3.05, 3.63) is 53.5 Å². The molecule has 6 nitrogen and oxygen atoms in total. The highest BCUT2D eigenvalue weighted by Crippen LogP contribution is 2.27. The van der Waals surface area contributed by atoms with Crippen LogP contribution in [-0.2, 0) is 23.0 Å². The lowest BCUT2D eigenvalue weighted by atomic mass is 10.2. The van der Waals surface area contributed by atoms with Gasteiger partial charge in [0.2, 0.25) is 10.0 Å². The molecular formula is C17H17N3O3S2. The second-order valence-corrected chi connectivity index (χ2v) is 8.42. The van der Waals surface area contributed by atoms with E-state index < -0.39 is 10.0 Å². The van der Waals surface area contributed by atoms with Gasteiger partial charge in [0.05, 0.1) is 22.9 Å². The summed E-state index contributed by atoms with van der Waals surface area (Å²) in [6, 6.07) is 10.9. The zero-order valence-corrected chi connectivity index (χ0v) is 15.0. The van der Waals surface area contributed by atoms with E-state index in [0.717, 1.165) is 28.3 Å². The van der Waals surface area contributed by atoms with Gasteiger partial charge in [-0.2, -0.15) is 5.10 Å². The third-order valence-electron chi connectivity index (χ3n) is 4.02. The molecule has 25 heavy (non-hydrogen) atoms. The smallest absolute Gasteiger partial charge is 0.240 e. The number of ether oxygens (including phenoxy) is 1. The third-order valence-corrected chi connectivity index (χ3v) is 6.37. The first-order valence-corrected chi connectivity index (χ1v) is 10.3. The second kappa shape index (κ2) is 6.62. The van der Waals surface area contributed by atoms with Crippen molar-refractivity contribution in [1.29, 1.82) is 0 Å². The van der Waals surface area contributed by atoms with Crippen LogP contribution in [0.5, 0.6) is 5.75 Å². The number of hydrogen-bond acceptors (Lipinski definition) is 5. The van der Waals surface area contributed by atoms with E-state index in [0.29, 0.717) is 13.2 Å². The van der Waals surface area contributed by atoms with E-state index in [-0.39, 0.29) is 11.4 Å². The molecule has 0 unspecified atom stereocenters. The second-order valence-electron chi connectivity index (χ2n) is 5.71. The van der Waals surface area contributed by atoms with Gasteiger partial charge in [-0.1, -0.05) is 6.07 Å². The largest absolute Gasteiger partial charge is 0.493 e. The van der Waals surface area contributed by atoms with Crippen molar-refractivity contribution in [2.24, 2.45) is 0 Å². The summed E-state index contributed by atoms with van der Waals surface area (Å²) >= 11 is 1.63. The number of aromatic nitrogens is 2. The van der Waals surface area contributed by atoms with Gasteiger partial charge in [0.25, 0.3) is 0 Å². The highest BCUT2D eigenvalue weighted by Gasteiger charge is 2.19. The molecule has 8 heteroatoms. The number of hydrogen-bond donors (Lipinski definition) is 1. The molecule has 0 saturated carbocycles. The Morgan fingerprint density at radius 3 is 3.04 bits per heavy atom. The monoisotopic (exact) mass is 375 g/mol. The van der Waals surface area contributed by atoms with Crippen LogP contribution in [0.2, 0.25) is 0 Å². The molecule has 4 rings (SSSR count). The molecule has 2 aromatic heterocycles. The Kier molecular flexibility index (Phi) is 4.32. The van der Waals surface area contributed by atoms with Crippen LogP contribution in [0.15, 0.2) is 52.9 Å². The summed E-state index contributed by atoms with van der Waals surface area (Å²) in [7, 11) is -3.53. The third kappa shape index (κ3) is 3.46. The van der Waals surface area contributed by atoms with Gasteiger partial charge < -0.3 is 4.74 Å².